The highest BCUT2D eigenvalue weighted by molar-refractivity contribution is 7.89. The lowest BCUT2D eigenvalue weighted by Gasteiger charge is -2.10. The van der Waals surface area contributed by atoms with Crippen LogP contribution in [0.25, 0.3) is 0 Å². The summed E-state index contributed by atoms with van der Waals surface area (Å²) in [6.07, 6.45) is 0.644. The van der Waals surface area contributed by atoms with E-state index in [1.807, 2.05) is 0 Å². The van der Waals surface area contributed by atoms with Crippen molar-refractivity contribution < 1.29 is 17.9 Å². The third-order valence-electron chi connectivity index (χ3n) is 2.49. The van der Waals surface area contributed by atoms with Gasteiger partial charge in [-0.15, -0.1) is 0 Å². The van der Waals surface area contributed by atoms with Crippen LogP contribution in [-0.4, -0.2) is 35.8 Å². The molecule has 0 radical (unpaired) electrons. The summed E-state index contributed by atoms with van der Waals surface area (Å²) in [5, 5.41) is 0. The van der Waals surface area contributed by atoms with Gasteiger partial charge in [-0.1, -0.05) is 0 Å². The first-order valence-corrected chi connectivity index (χ1v) is 7.13. The molecule has 0 atom stereocenters. The lowest BCUT2D eigenvalue weighted by Crippen LogP contribution is -2.26. The van der Waals surface area contributed by atoms with Gasteiger partial charge in [-0.25, -0.2) is 13.1 Å². The maximum Gasteiger partial charge on any atom is 0.240 e. The van der Waals surface area contributed by atoms with Gasteiger partial charge in [0.15, 0.2) is 0 Å². The third-order valence-corrected chi connectivity index (χ3v) is 4.11. The zero-order valence-corrected chi connectivity index (χ0v) is 11.7. The van der Waals surface area contributed by atoms with Gasteiger partial charge in [0.25, 0.3) is 0 Å². The summed E-state index contributed by atoms with van der Waals surface area (Å²) < 4.78 is 36.5. The van der Waals surface area contributed by atoms with Gasteiger partial charge in [0, 0.05) is 20.3 Å². The fourth-order valence-electron chi connectivity index (χ4n) is 1.55. The Morgan fingerprint density at radius 2 is 2.00 bits per heavy atom. The highest BCUT2D eigenvalue weighted by Crippen LogP contribution is 2.20. The maximum atomic E-state index is 12.0. The Labute approximate surface area is 108 Å². The van der Waals surface area contributed by atoms with Crippen LogP contribution in [0.1, 0.15) is 12.0 Å². The molecule has 1 aromatic rings. The molecular weight excluding hydrogens is 254 g/mol. The van der Waals surface area contributed by atoms with Crippen molar-refractivity contribution in [3.63, 3.8) is 0 Å². The van der Waals surface area contributed by atoms with E-state index in [4.69, 9.17) is 9.47 Å². The Kier molecular flexibility index (Phi) is 5.58. The van der Waals surface area contributed by atoms with Gasteiger partial charge in [-0.05, 0) is 37.1 Å². The summed E-state index contributed by atoms with van der Waals surface area (Å²) in [5.41, 5.74) is 0.661. The summed E-state index contributed by atoms with van der Waals surface area (Å²) in [7, 11) is -0.325. The van der Waals surface area contributed by atoms with Gasteiger partial charge in [0.05, 0.1) is 12.0 Å². The van der Waals surface area contributed by atoms with Crippen LogP contribution in [0.5, 0.6) is 5.75 Å². The van der Waals surface area contributed by atoms with Crippen LogP contribution >= 0.6 is 0 Å². The second-order valence-electron chi connectivity index (χ2n) is 3.88. The number of benzene rings is 1. The first kappa shape index (κ1) is 14.9. The van der Waals surface area contributed by atoms with E-state index in [1.54, 1.807) is 39.3 Å². The number of methoxy groups -OCH3 is 2. The molecule has 0 fully saturated rings. The van der Waals surface area contributed by atoms with Gasteiger partial charge in [0.1, 0.15) is 5.75 Å². The van der Waals surface area contributed by atoms with Gasteiger partial charge in [-0.2, -0.15) is 0 Å². The van der Waals surface area contributed by atoms with Gasteiger partial charge < -0.3 is 9.47 Å². The minimum Gasteiger partial charge on any atom is -0.497 e. The zero-order chi connectivity index (χ0) is 13.6. The number of rotatable bonds is 7. The third kappa shape index (κ3) is 3.97. The molecule has 0 bridgehead atoms. The first-order valence-electron chi connectivity index (χ1n) is 5.64. The van der Waals surface area contributed by atoms with Crippen LogP contribution in [0.3, 0.4) is 0 Å². The van der Waals surface area contributed by atoms with E-state index in [-0.39, 0.29) is 4.90 Å². The minimum atomic E-state index is -3.46. The molecule has 0 aliphatic rings. The lowest BCUT2D eigenvalue weighted by atomic mass is 10.2. The average Bonchev–Trinajstić information content (AvgIpc) is 2.34. The molecule has 1 N–H and O–H groups in total. The fourth-order valence-corrected chi connectivity index (χ4v) is 2.85. The van der Waals surface area contributed by atoms with Crippen LogP contribution in [0.15, 0.2) is 23.1 Å². The number of sulfonamides is 1. The number of aryl methyl sites for hydroxylation is 1. The highest BCUT2D eigenvalue weighted by Gasteiger charge is 2.16. The van der Waals surface area contributed by atoms with Gasteiger partial charge >= 0.3 is 0 Å². The summed E-state index contributed by atoms with van der Waals surface area (Å²) in [5.74, 6) is 0.644. The number of hydrogen-bond donors (Lipinski definition) is 1. The van der Waals surface area contributed by atoms with Crippen molar-refractivity contribution in [3.05, 3.63) is 23.8 Å². The molecule has 6 heteroatoms. The van der Waals surface area contributed by atoms with E-state index in [0.29, 0.717) is 30.9 Å². The molecule has 0 aromatic heterocycles. The molecule has 18 heavy (non-hydrogen) atoms. The molecule has 0 aliphatic heterocycles. The lowest BCUT2D eigenvalue weighted by molar-refractivity contribution is 0.196. The second-order valence-corrected chi connectivity index (χ2v) is 5.61. The van der Waals surface area contributed by atoms with Crippen molar-refractivity contribution in [3.8, 4) is 5.75 Å². The summed E-state index contributed by atoms with van der Waals surface area (Å²) in [6, 6.07) is 4.88. The molecule has 0 aliphatic carbocycles. The quantitative estimate of drug-likeness (QED) is 0.761. The van der Waals surface area contributed by atoms with Crippen LogP contribution in [0.2, 0.25) is 0 Å². The summed E-state index contributed by atoms with van der Waals surface area (Å²) in [6.45, 7) is 2.64. The molecule has 102 valence electrons. The van der Waals surface area contributed by atoms with E-state index >= 15 is 0 Å². The predicted molar refractivity (Wildman–Crippen MR) is 69.4 cm³/mol. The Morgan fingerprint density at radius 3 is 2.56 bits per heavy atom. The van der Waals surface area contributed by atoms with Gasteiger partial charge in [-0.3, -0.25) is 0 Å². The Bertz CT molecular complexity index is 485. The Balaban J connectivity index is 2.78. The normalized spacial score (nSPS) is 11.5. The Morgan fingerprint density at radius 1 is 1.28 bits per heavy atom. The van der Waals surface area contributed by atoms with E-state index in [9.17, 15) is 8.42 Å². The maximum absolute atomic E-state index is 12.0. The number of nitrogens with one attached hydrogen (secondary N) is 1. The van der Waals surface area contributed by atoms with E-state index in [2.05, 4.69) is 4.72 Å². The molecule has 1 aromatic carbocycles. The smallest absolute Gasteiger partial charge is 0.240 e. The molecule has 5 nitrogen and oxygen atoms in total. The molecule has 0 saturated carbocycles. The molecular formula is C12H19NO4S. The number of hydrogen-bond acceptors (Lipinski definition) is 4. The molecule has 0 unspecified atom stereocenters. The highest BCUT2D eigenvalue weighted by atomic mass is 32.2. The SMILES string of the molecule is COCCCNS(=O)(=O)c1ccc(OC)cc1C. The van der Waals surface area contributed by atoms with E-state index in [1.165, 1.54) is 0 Å². The predicted octanol–water partition coefficient (Wildman–Crippen LogP) is 1.32. The van der Waals surface area contributed by atoms with E-state index < -0.39 is 10.0 Å². The fraction of sp³-hybridized carbons (Fsp3) is 0.500. The first-order chi connectivity index (χ1) is 8.51. The van der Waals surface area contributed by atoms with Crippen LogP contribution < -0.4 is 9.46 Å². The van der Waals surface area contributed by atoms with Crippen molar-refractivity contribution in [2.45, 2.75) is 18.2 Å². The average molecular weight is 273 g/mol. The second kappa shape index (κ2) is 6.72. The van der Waals surface area contributed by atoms with Crippen molar-refractivity contribution in [1.82, 2.24) is 4.72 Å². The van der Waals surface area contributed by atoms with Crippen molar-refractivity contribution in [1.29, 1.82) is 0 Å². The Hall–Kier alpha value is -1.11. The topological polar surface area (TPSA) is 64.6 Å². The summed E-state index contributed by atoms with van der Waals surface area (Å²) in [4.78, 5) is 0.278. The van der Waals surface area contributed by atoms with Crippen molar-refractivity contribution >= 4 is 10.0 Å². The monoisotopic (exact) mass is 273 g/mol. The molecule has 0 heterocycles. The number of ether oxygens (including phenoxy) is 2. The van der Waals surface area contributed by atoms with Gasteiger partial charge in [0.2, 0.25) is 10.0 Å². The molecule has 0 saturated heterocycles. The van der Waals surface area contributed by atoms with Crippen LogP contribution in [-0.2, 0) is 14.8 Å². The minimum absolute atomic E-state index is 0.278. The standard InChI is InChI=1S/C12H19NO4S/c1-10-9-11(17-3)5-6-12(10)18(14,15)13-7-4-8-16-2/h5-6,9,13H,4,7-8H2,1-3H3. The molecule has 1 rings (SSSR count). The van der Waals surface area contributed by atoms with Crippen molar-refractivity contribution in [2.24, 2.45) is 0 Å². The van der Waals surface area contributed by atoms with E-state index in [0.717, 1.165) is 0 Å². The largest absolute Gasteiger partial charge is 0.497 e. The summed E-state index contributed by atoms with van der Waals surface area (Å²) >= 11 is 0. The van der Waals surface area contributed by atoms with Crippen LogP contribution in [0.4, 0.5) is 0 Å². The zero-order valence-electron chi connectivity index (χ0n) is 10.9. The molecule has 0 amide bonds. The van der Waals surface area contributed by atoms with Crippen molar-refractivity contribution in [2.75, 3.05) is 27.4 Å². The van der Waals surface area contributed by atoms with Crippen LogP contribution in [0, 0.1) is 6.92 Å². The molecule has 0 spiro atoms.